The Hall–Kier alpha value is -2.01. The van der Waals surface area contributed by atoms with Crippen LogP contribution in [0.25, 0.3) is 0 Å². The SMILES string of the molecule is CN=C(NCCCS(=O)(=O)Cc1ccccc1)N1CCc2cc(OC)c(OC)cc2C1.I. The second-order valence-electron chi connectivity index (χ2n) is 7.55. The Morgan fingerprint density at radius 1 is 1.09 bits per heavy atom. The number of hydrogen-bond donors (Lipinski definition) is 1. The van der Waals surface area contributed by atoms with E-state index in [2.05, 4.69) is 15.2 Å². The van der Waals surface area contributed by atoms with Crippen LogP contribution in [-0.2, 0) is 28.6 Å². The van der Waals surface area contributed by atoms with Crippen molar-refractivity contribution in [3.05, 3.63) is 59.2 Å². The minimum absolute atomic E-state index is 0. The fourth-order valence-electron chi connectivity index (χ4n) is 3.79. The van der Waals surface area contributed by atoms with Crippen LogP contribution in [0, 0.1) is 0 Å². The average Bonchev–Trinajstić information content (AvgIpc) is 2.78. The maximum Gasteiger partial charge on any atom is 0.193 e. The molecule has 0 atom stereocenters. The Morgan fingerprint density at radius 2 is 1.75 bits per heavy atom. The molecule has 3 rings (SSSR count). The Bertz CT molecular complexity index is 1010. The number of aliphatic imine (C=N–C) groups is 1. The largest absolute Gasteiger partial charge is 0.493 e. The third kappa shape index (κ3) is 6.99. The van der Waals surface area contributed by atoms with Gasteiger partial charge in [0.1, 0.15) is 0 Å². The van der Waals surface area contributed by atoms with Crippen LogP contribution in [0.15, 0.2) is 47.5 Å². The van der Waals surface area contributed by atoms with Crippen LogP contribution < -0.4 is 14.8 Å². The van der Waals surface area contributed by atoms with Gasteiger partial charge in [0.25, 0.3) is 0 Å². The van der Waals surface area contributed by atoms with Crippen LogP contribution in [0.1, 0.15) is 23.1 Å². The summed E-state index contributed by atoms with van der Waals surface area (Å²) in [7, 11) is 1.89. The van der Waals surface area contributed by atoms with E-state index in [9.17, 15) is 8.42 Å². The lowest BCUT2D eigenvalue weighted by Gasteiger charge is -2.32. The molecule has 0 saturated heterocycles. The highest BCUT2D eigenvalue weighted by atomic mass is 127. The lowest BCUT2D eigenvalue weighted by atomic mass is 9.99. The molecule has 32 heavy (non-hydrogen) atoms. The Morgan fingerprint density at radius 3 is 2.38 bits per heavy atom. The first kappa shape index (κ1) is 26.2. The average molecular weight is 573 g/mol. The number of guanidine groups is 1. The second-order valence-corrected chi connectivity index (χ2v) is 9.74. The monoisotopic (exact) mass is 573 g/mol. The molecule has 0 aliphatic carbocycles. The third-order valence-electron chi connectivity index (χ3n) is 5.37. The quantitative estimate of drug-likeness (QED) is 0.226. The molecule has 0 amide bonds. The molecule has 1 N–H and O–H groups in total. The summed E-state index contributed by atoms with van der Waals surface area (Å²) in [6.07, 6.45) is 1.41. The minimum atomic E-state index is -3.14. The minimum Gasteiger partial charge on any atom is -0.493 e. The summed E-state index contributed by atoms with van der Waals surface area (Å²) in [5.41, 5.74) is 3.25. The predicted octanol–water partition coefficient (Wildman–Crippen LogP) is 3.26. The van der Waals surface area contributed by atoms with E-state index in [0.29, 0.717) is 19.5 Å². The zero-order valence-electron chi connectivity index (χ0n) is 18.8. The molecule has 1 aliphatic rings. The van der Waals surface area contributed by atoms with Crippen molar-refractivity contribution in [2.24, 2.45) is 4.99 Å². The van der Waals surface area contributed by atoms with Crippen molar-refractivity contribution in [2.45, 2.75) is 25.1 Å². The normalized spacial score (nSPS) is 13.7. The molecule has 0 bridgehead atoms. The zero-order chi connectivity index (χ0) is 22.3. The summed E-state index contributed by atoms with van der Waals surface area (Å²) < 4.78 is 35.6. The summed E-state index contributed by atoms with van der Waals surface area (Å²) in [6.45, 7) is 2.09. The number of ether oxygens (including phenoxy) is 2. The van der Waals surface area contributed by atoms with Gasteiger partial charge >= 0.3 is 0 Å². The van der Waals surface area contributed by atoms with E-state index in [4.69, 9.17) is 9.47 Å². The maximum atomic E-state index is 12.4. The number of methoxy groups -OCH3 is 2. The smallest absolute Gasteiger partial charge is 0.193 e. The number of rotatable bonds is 8. The molecule has 0 fully saturated rings. The van der Waals surface area contributed by atoms with Crippen LogP contribution in [0.5, 0.6) is 11.5 Å². The molecule has 1 heterocycles. The van der Waals surface area contributed by atoms with Crippen molar-refractivity contribution in [3.8, 4) is 11.5 Å². The lowest BCUT2D eigenvalue weighted by Crippen LogP contribution is -2.44. The van der Waals surface area contributed by atoms with Crippen molar-refractivity contribution >= 4 is 39.8 Å². The van der Waals surface area contributed by atoms with E-state index < -0.39 is 9.84 Å². The van der Waals surface area contributed by atoms with Gasteiger partial charge in [-0.05, 0) is 41.7 Å². The van der Waals surface area contributed by atoms with E-state index in [-0.39, 0.29) is 35.5 Å². The molecule has 2 aromatic rings. The molecule has 0 radical (unpaired) electrons. The van der Waals surface area contributed by atoms with Gasteiger partial charge in [-0.15, -0.1) is 24.0 Å². The number of nitrogens with one attached hydrogen (secondary N) is 1. The molecule has 9 heteroatoms. The van der Waals surface area contributed by atoms with Crippen LogP contribution in [0.4, 0.5) is 0 Å². The molecule has 0 aromatic heterocycles. The van der Waals surface area contributed by atoms with E-state index in [0.717, 1.165) is 36.0 Å². The highest BCUT2D eigenvalue weighted by Gasteiger charge is 2.21. The molecule has 1 aliphatic heterocycles. The van der Waals surface area contributed by atoms with Crippen LogP contribution >= 0.6 is 24.0 Å². The van der Waals surface area contributed by atoms with Crippen molar-refractivity contribution < 1.29 is 17.9 Å². The summed E-state index contributed by atoms with van der Waals surface area (Å²) in [4.78, 5) is 6.56. The number of halogens is 1. The van der Waals surface area contributed by atoms with Crippen LogP contribution in [0.2, 0.25) is 0 Å². The number of nitrogens with zero attached hydrogens (tertiary/aromatic N) is 2. The van der Waals surface area contributed by atoms with Gasteiger partial charge in [0.2, 0.25) is 0 Å². The first-order chi connectivity index (χ1) is 15.0. The van der Waals surface area contributed by atoms with Gasteiger partial charge in [0.05, 0.1) is 25.7 Å². The van der Waals surface area contributed by atoms with Crippen LogP contribution in [0.3, 0.4) is 0 Å². The van der Waals surface area contributed by atoms with E-state index in [1.165, 1.54) is 11.1 Å². The molecule has 0 saturated carbocycles. The van der Waals surface area contributed by atoms with Crippen LogP contribution in [-0.4, -0.2) is 59.4 Å². The van der Waals surface area contributed by atoms with Gasteiger partial charge in [-0.3, -0.25) is 4.99 Å². The first-order valence-corrected chi connectivity index (χ1v) is 12.2. The Labute approximate surface area is 208 Å². The molecule has 2 aromatic carbocycles. The molecule has 176 valence electrons. The Kier molecular flexibility index (Phi) is 10.1. The van der Waals surface area contributed by atoms with Gasteiger partial charge in [-0.2, -0.15) is 0 Å². The predicted molar refractivity (Wildman–Crippen MR) is 139 cm³/mol. The lowest BCUT2D eigenvalue weighted by molar-refractivity contribution is 0.346. The number of fused-ring (bicyclic) bond motifs is 1. The summed E-state index contributed by atoms with van der Waals surface area (Å²) in [5.74, 6) is 2.46. The fourth-order valence-corrected chi connectivity index (χ4v) is 5.22. The third-order valence-corrected chi connectivity index (χ3v) is 7.06. The van der Waals surface area contributed by atoms with Crippen molar-refractivity contribution in [1.82, 2.24) is 10.2 Å². The highest BCUT2D eigenvalue weighted by molar-refractivity contribution is 14.0. The molecular weight excluding hydrogens is 541 g/mol. The van der Waals surface area contributed by atoms with Gasteiger partial charge in [0, 0.05) is 26.7 Å². The first-order valence-electron chi connectivity index (χ1n) is 10.4. The summed E-state index contributed by atoms with van der Waals surface area (Å²) >= 11 is 0. The molecule has 0 unspecified atom stereocenters. The second kappa shape index (κ2) is 12.3. The maximum absolute atomic E-state index is 12.4. The molecule has 7 nitrogen and oxygen atoms in total. The van der Waals surface area contributed by atoms with Gasteiger partial charge < -0.3 is 19.7 Å². The van der Waals surface area contributed by atoms with E-state index in [1.54, 1.807) is 21.3 Å². The summed E-state index contributed by atoms with van der Waals surface area (Å²) in [5, 5.41) is 3.31. The van der Waals surface area contributed by atoms with Crippen molar-refractivity contribution in [1.29, 1.82) is 0 Å². The zero-order valence-corrected chi connectivity index (χ0v) is 22.0. The number of sulfone groups is 1. The summed E-state index contributed by atoms with van der Waals surface area (Å²) in [6, 6.07) is 13.4. The topological polar surface area (TPSA) is 80.2 Å². The van der Waals surface area contributed by atoms with Crippen molar-refractivity contribution in [3.63, 3.8) is 0 Å². The van der Waals surface area contributed by atoms with Gasteiger partial charge in [-0.1, -0.05) is 30.3 Å². The van der Waals surface area contributed by atoms with Crippen molar-refractivity contribution in [2.75, 3.05) is 40.1 Å². The van der Waals surface area contributed by atoms with Gasteiger partial charge in [-0.25, -0.2) is 8.42 Å². The van der Waals surface area contributed by atoms with Gasteiger partial charge in [0.15, 0.2) is 27.3 Å². The number of benzene rings is 2. The highest BCUT2D eigenvalue weighted by Crippen LogP contribution is 2.33. The standard InChI is InChI=1S/C23H31N3O4S.HI/c1-24-23(25-11-7-13-31(27,28)17-18-8-5-4-6-9-18)26-12-10-19-14-21(29-2)22(30-3)15-20(19)16-26;/h4-6,8-9,14-15H,7,10-13,16-17H2,1-3H3,(H,24,25);1H. The molecular formula is C23H32IN3O4S. The molecule has 0 spiro atoms. The fraction of sp³-hybridized carbons (Fsp3) is 0.435. The number of hydrogen-bond acceptors (Lipinski definition) is 5. The van der Waals surface area contributed by atoms with E-state index >= 15 is 0 Å². The van der Waals surface area contributed by atoms with E-state index in [1.807, 2.05) is 42.5 Å². The Balaban J connectivity index is 0.00000363.